The summed E-state index contributed by atoms with van der Waals surface area (Å²) in [4.78, 5) is 9.76. The van der Waals surface area contributed by atoms with Gasteiger partial charge < -0.3 is 4.90 Å². The molecule has 0 bridgehead atoms. The predicted octanol–water partition coefficient (Wildman–Crippen LogP) is 1.93. The third-order valence-corrected chi connectivity index (χ3v) is 5.25. The zero-order valence-corrected chi connectivity index (χ0v) is 13.8. The number of anilines is 1. The van der Waals surface area contributed by atoms with Crippen LogP contribution >= 0.6 is 0 Å². The molecule has 0 radical (unpaired) electrons. The van der Waals surface area contributed by atoms with Crippen molar-refractivity contribution in [1.82, 2.24) is 29.8 Å². The minimum atomic E-state index is -0.369. The summed E-state index contributed by atoms with van der Waals surface area (Å²) in [6, 6.07) is 2.12. The Hall–Kier alpha value is -2.64. The molecule has 1 aliphatic heterocycles. The zero-order valence-electron chi connectivity index (χ0n) is 13.8. The van der Waals surface area contributed by atoms with Gasteiger partial charge in [-0.15, -0.1) is 10.2 Å². The normalized spacial score (nSPS) is 18.0. The number of hydrogen-bond donors (Lipinski definition) is 0. The third-order valence-electron chi connectivity index (χ3n) is 5.25. The van der Waals surface area contributed by atoms with E-state index in [1.807, 2.05) is 9.42 Å². The summed E-state index contributed by atoms with van der Waals surface area (Å²) in [6.07, 6.45) is 7.65. The molecule has 25 heavy (non-hydrogen) atoms. The van der Waals surface area contributed by atoms with Gasteiger partial charge >= 0.3 is 0 Å². The van der Waals surface area contributed by atoms with Gasteiger partial charge in [-0.05, 0) is 43.7 Å². The average Bonchev–Trinajstić information content (AvgIpc) is 3.26. The fourth-order valence-corrected chi connectivity index (χ4v) is 3.94. The summed E-state index contributed by atoms with van der Waals surface area (Å²) < 4.78 is 15.8. The number of piperidine rings is 1. The summed E-state index contributed by atoms with van der Waals surface area (Å²) in [5.41, 5.74) is 3.31. The van der Waals surface area contributed by atoms with Crippen LogP contribution in [0.3, 0.4) is 0 Å². The molecule has 0 saturated carbocycles. The Balaban J connectivity index is 1.39. The van der Waals surface area contributed by atoms with Gasteiger partial charge in [0, 0.05) is 19.0 Å². The topological polar surface area (TPSA) is 72.1 Å². The first-order valence-corrected chi connectivity index (χ1v) is 8.74. The molecular weight excluding hydrogens is 321 g/mol. The van der Waals surface area contributed by atoms with Crippen LogP contribution in [0.5, 0.6) is 0 Å². The second kappa shape index (κ2) is 5.72. The summed E-state index contributed by atoms with van der Waals surface area (Å²) in [5, 5.41) is 13.5. The van der Waals surface area contributed by atoms with E-state index in [0.717, 1.165) is 50.2 Å². The number of rotatable bonds is 2. The predicted molar refractivity (Wildman–Crippen MR) is 89.0 cm³/mol. The lowest BCUT2D eigenvalue weighted by Gasteiger charge is -2.31. The monoisotopic (exact) mass is 339 g/mol. The first-order valence-electron chi connectivity index (χ1n) is 8.74. The number of aryl methyl sites for hydroxylation is 2. The van der Waals surface area contributed by atoms with E-state index in [1.54, 1.807) is 0 Å². The van der Waals surface area contributed by atoms with E-state index in [4.69, 9.17) is 5.10 Å². The molecule has 128 valence electrons. The first kappa shape index (κ1) is 14.7. The van der Waals surface area contributed by atoms with Gasteiger partial charge in [-0.1, -0.05) is 0 Å². The van der Waals surface area contributed by atoms with Crippen LogP contribution in [-0.2, 0) is 12.8 Å². The largest absolute Gasteiger partial charge is 0.354 e. The highest BCUT2D eigenvalue weighted by molar-refractivity contribution is 5.43. The molecule has 4 heterocycles. The molecule has 0 amide bonds. The highest BCUT2D eigenvalue weighted by Crippen LogP contribution is 2.30. The van der Waals surface area contributed by atoms with Crippen molar-refractivity contribution < 1.29 is 4.39 Å². The van der Waals surface area contributed by atoms with Crippen LogP contribution < -0.4 is 4.90 Å². The number of nitrogens with zero attached hydrogens (tertiary/aromatic N) is 7. The van der Waals surface area contributed by atoms with Gasteiger partial charge in [0.05, 0.1) is 11.9 Å². The molecule has 1 fully saturated rings. The van der Waals surface area contributed by atoms with Crippen molar-refractivity contribution >= 4 is 11.5 Å². The Morgan fingerprint density at radius 1 is 1.12 bits per heavy atom. The molecule has 0 unspecified atom stereocenters. The van der Waals surface area contributed by atoms with Crippen LogP contribution in [0.25, 0.3) is 5.65 Å². The summed E-state index contributed by atoms with van der Waals surface area (Å²) in [5.74, 6) is 1.22. The first-order chi connectivity index (χ1) is 12.3. The minimum absolute atomic E-state index is 0.281. The van der Waals surface area contributed by atoms with Crippen LogP contribution in [0.15, 0.2) is 18.6 Å². The lowest BCUT2D eigenvalue weighted by atomic mass is 9.96. The van der Waals surface area contributed by atoms with Crippen molar-refractivity contribution in [2.45, 2.75) is 38.0 Å². The maximum Gasteiger partial charge on any atom is 0.183 e. The molecule has 8 heteroatoms. The molecule has 5 rings (SSSR count). The van der Waals surface area contributed by atoms with Gasteiger partial charge in [0.2, 0.25) is 0 Å². The van der Waals surface area contributed by atoms with Crippen LogP contribution in [0, 0.1) is 5.82 Å². The summed E-state index contributed by atoms with van der Waals surface area (Å²) in [7, 11) is 0. The maximum absolute atomic E-state index is 13.9. The Bertz CT molecular complexity index is 930. The number of fused-ring (bicyclic) bond motifs is 2. The van der Waals surface area contributed by atoms with Crippen LogP contribution in [-0.4, -0.2) is 42.9 Å². The fraction of sp³-hybridized carbons (Fsp3) is 0.471. The van der Waals surface area contributed by atoms with Crippen molar-refractivity contribution in [3.05, 3.63) is 41.5 Å². The van der Waals surface area contributed by atoms with Gasteiger partial charge in [0.1, 0.15) is 6.33 Å². The van der Waals surface area contributed by atoms with Gasteiger partial charge in [-0.25, -0.2) is 14.4 Å². The molecule has 1 aliphatic carbocycles. The molecule has 3 aromatic heterocycles. The molecule has 2 aliphatic rings. The standard InChI is InChI=1S/C17H18FN7/c18-13-9-19-10-20-17(13)24-6-4-11(5-7-24)16-22-21-15-8-12-2-1-3-14(12)23-25(15)16/h8-11H,1-7H2. The third kappa shape index (κ3) is 2.43. The zero-order chi connectivity index (χ0) is 16.8. The van der Waals surface area contributed by atoms with Gasteiger partial charge in [0.25, 0.3) is 0 Å². The fourth-order valence-electron chi connectivity index (χ4n) is 3.94. The van der Waals surface area contributed by atoms with Gasteiger partial charge in [0.15, 0.2) is 23.1 Å². The van der Waals surface area contributed by atoms with E-state index in [0.29, 0.717) is 5.82 Å². The number of hydrogen-bond acceptors (Lipinski definition) is 6. The molecule has 0 N–H and O–H groups in total. The van der Waals surface area contributed by atoms with Crippen molar-refractivity contribution in [1.29, 1.82) is 0 Å². The Morgan fingerprint density at radius 2 is 2.00 bits per heavy atom. The molecule has 3 aromatic rings. The van der Waals surface area contributed by atoms with Crippen molar-refractivity contribution in [2.24, 2.45) is 0 Å². The van der Waals surface area contributed by atoms with Crippen LogP contribution in [0.4, 0.5) is 10.2 Å². The molecule has 0 aromatic carbocycles. The maximum atomic E-state index is 13.9. The molecule has 7 nitrogen and oxygen atoms in total. The van der Waals surface area contributed by atoms with E-state index < -0.39 is 0 Å². The molecule has 0 atom stereocenters. The van der Waals surface area contributed by atoms with Crippen LogP contribution in [0.1, 0.15) is 42.3 Å². The smallest absolute Gasteiger partial charge is 0.183 e. The van der Waals surface area contributed by atoms with Crippen molar-refractivity contribution in [3.63, 3.8) is 0 Å². The van der Waals surface area contributed by atoms with Gasteiger partial charge in [-0.3, -0.25) is 0 Å². The molecule has 1 saturated heterocycles. The minimum Gasteiger partial charge on any atom is -0.354 e. The lowest BCUT2D eigenvalue weighted by molar-refractivity contribution is 0.467. The lowest BCUT2D eigenvalue weighted by Crippen LogP contribution is -2.34. The summed E-state index contributed by atoms with van der Waals surface area (Å²) >= 11 is 0. The molecule has 0 spiro atoms. The van der Waals surface area contributed by atoms with E-state index in [-0.39, 0.29) is 11.7 Å². The Morgan fingerprint density at radius 3 is 2.84 bits per heavy atom. The summed E-state index contributed by atoms with van der Waals surface area (Å²) in [6.45, 7) is 1.47. The quantitative estimate of drug-likeness (QED) is 0.710. The number of aromatic nitrogens is 6. The number of halogens is 1. The second-order valence-corrected chi connectivity index (χ2v) is 6.75. The van der Waals surface area contributed by atoms with E-state index in [9.17, 15) is 4.39 Å². The highest BCUT2D eigenvalue weighted by atomic mass is 19.1. The van der Waals surface area contributed by atoms with Crippen molar-refractivity contribution in [2.75, 3.05) is 18.0 Å². The second-order valence-electron chi connectivity index (χ2n) is 6.75. The van der Waals surface area contributed by atoms with Gasteiger partial charge in [-0.2, -0.15) is 9.61 Å². The highest BCUT2D eigenvalue weighted by Gasteiger charge is 2.27. The average molecular weight is 339 g/mol. The van der Waals surface area contributed by atoms with E-state index in [2.05, 4.69) is 26.2 Å². The molecular formula is C17H18FN7. The Kier molecular flexibility index (Phi) is 3.36. The Labute approximate surface area is 143 Å². The van der Waals surface area contributed by atoms with E-state index >= 15 is 0 Å². The van der Waals surface area contributed by atoms with Crippen LogP contribution in [0.2, 0.25) is 0 Å². The SMILES string of the molecule is Fc1cncnc1N1CCC(c2nnc3cc4c(nn23)CCC4)CC1. The van der Waals surface area contributed by atoms with E-state index in [1.165, 1.54) is 30.2 Å². The van der Waals surface area contributed by atoms with Crippen molar-refractivity contribution in [3.8, 4) is 0 Å².